The van der Waals surface area contributed by atoms with Crippen molar-refractivity contribution in [3.05, 3.63) is 59.4 Å². The predicted molar refractivity (Wildman–Crippen MR) is 142 cm³/mol. The third kappa shape index (κ3) is 6.88. The third-order valence-corrected chi connectivity index (χ3v) is 8.83. The van der Waals surface area contributed by atoms with Crippen molar-refractivity contribution in [3.8, 4) is 11.1 Å². The molecule has 1 aromatic carbocycles. The first-order valence-corrected chi connectivity index (χ1v) is 14.4. The van der Waals surface area contributed by atoms with E-state index in [1.165, 1.54) is 6.42 Å². The summed E-state index contributed by atoms with van der Waals surface area (Å²) in [5.41, 5.74) is 2.93. The Bertz CT molecular complexity index is 1140. The highest BCUT2D eigenvalue weighted by Crippen LogP contribution is 2.25. The van der Waals surface area contributed by atoms with Crippen LogP contribution in [0.5, 0.6) is 0 Å². The lowest BCUT2D eigenvalue weighted by atomic mass is 9.93. The van der Waals surface area contributed by atoms with Crippen molar-refractivity contribution >= 4 is 32.7 Å². The summed E-state index contributed by atoms with van der Waals surface area (Å²) in [6.07, 6.45) is 5.37. The average Bonchev–Trinajstić information content (AvgIpc) is 3.38. The van der Waals surface area contributed by atoms with E-state index in [0.29, 0.717) is 17.3 Å². The summed E-state index contributed by atoms with van der Waals surface area (Å²) in [5, 5.41) is 7.36. The highest BCUT2D eigenvalue weighted by atomic mass is 32.2. The van der Waals surface area contributed by atoms with Gasteiger partial charge in [0.15, 0.2) is 9.84 Å². The maximum atomic E-state index is 13.0. The van der Waals surface area contributed by atoms with Gasteiger partial charge in [0.05, 0.1) is 10.6 Å². The Hall–Kier alpha value is -2.26. The second-order valence-corrected chi connectivity index (χ2v) is 12.2. The van der Waals surface area contributed by atoms with E-state index in [9.17, 15) is 8.42 Å². The van der Waals surface area contributed by atoms with Crippen LogP contribution < -0.4 is 5.32 Å². The van der Waals surface area contributed by atoms with Crippen LogP contribution in [0.2, 0.25) is 0 Å². The van der Waals surface area contributed by atoms with Gasteiger partial charge in [0.1, 0.15) is 5.82 Å². The van der Waals surface area contributed by atoms with Gasteiger partial charge in [0, 0.05) is 24.0 Å². The number of thiophene rings is 1. The van der Waals surface area contributed by atoms with Crippen molar-refractivity contribution in [1.82, 2.24) is 14.8 Å². The highest BCUT2D eigenvalue weighted by molar-refractivity contribution is 7.91. The minimum absolute atomic E-state index is 0.145. The SMILES string of the molecule is CN(C)CCC1CCN(CCS(=O)(=O)c2cccc(Nc3ccc(-c4ccsc4)cn3)c2)CC1. The number of pyridine rings is 1. The summed E-state index contributed by atoms with van der Waals surface area (Å²) < 4.78 is 26.0. The second-order valence-electron chi connectivity index (χ2n) is 9.29. The second kappa shape index (κ2) is 11.4. The molecule has 1 fully saturated rings. The third-order valence-electron chi connectivity index (χ3n) is 6.45. The summed E-state index contributed by atoms with van der Waals surface area (Å²) in [4.78, 5) is 9.37. The van der Waals surface area contributed by atoms with Crippen molar-refractivity contribution in [3.63, 3.8) is 0 Å². The van der Waals surface area contributed by atoms with E-state index >= 15 is 0 Å². The Labute approximate surface area is 207 Å². The maximum absolute atomic E-state index is 13.0. The van der Waals surface area contributed by atoms with Gasteiger partial charge in [-0.2, -0.15) is 11.3 Å². The minimum atomic E-state index is -3.35. The molecule has 8 heteroatoms. The molecule has 0 saturated carbocycles. The van der Waals surface area contributed by atoms with Gasteiger partial charge in [-0.05, 0) is 112 Å². The van der Waals surface area contributed by atoms with Gasteiger partial charge in [-0.3, -0.25) is 0 Å². The quantitative estimate of drug-likeness (QED) is 0.425. The number of nitrogens with zero attached hydrogens (tertiary/aromatic N) is 3. The summed E-state index contributed by atoms with van der Waals surface area (Å²) in [7, 11) is 0.875. The Balaban J connectivity index is 1.31. The van der Waals surface area contributed by atoms with Crippen LogP contribution in [0.25, 0.3) is 11.1 Å². The van der Waals surface area contributed by atoms with Crippen LogP contribution >= 0.6 is 11.3 Å². The number of nitrogens with one attached hydrogen (secondary N) is 1. The van der Waals surface area contributed by atoms with E-state index in [0.717, 1.165) is 55.2 Å². The molecule has 0 unspecified atom stereocenters. The average molecular weight is 499 g/mol. The number of hydrogen-bond acceptors (Lipinski definition) is 7. The van der Waals surface area contributed by atoms with Crippen molar-refractivity contribution in [1.29, 1.82) is 0 Å². The molecule has 1 aliphatic heterocycles. The van der Waals surface area contributed by atoms with Crippen molar-refractivity contribution in [2.24, 2.45) is 5.92 Å². The first-order valence-electron chi connectivity index (χ1n) is 11.8. The summed E-state index contributed by atoms with van der Waals surface area (Å²) >= 11 is 1.66. The van der Waals surface area contributed by atoms with E-state index in [1.54, 1.807) is 29.5 Å². The zero-order valence-electron chi connectivity index (χ0n) is 20.0. The van der Waals surface area contributed by atoms with Crippen LogP contribution in [-0.4, -0.2) is 69.2 Å². The Kier molecular flexibility index (Phi) is 8.37. The van der Waals surface area contributed by atoms with Crippen molar-refractivity contribution in [2.45, 2.75) is 24.2 Å². The van der Waals surface area contributed by atoms with Crippen LogP contribution in [0.15, 0.2) is 64.3 Å². The molecule has 0 radical (unpaired) electrons. The van der Waals surface area contributed by atoms with Crippen molar-refractivity contribution in [2.75, 3.05) is 51.3 Å². The lowest BCUT2D eigenvalue weighted by Gasteiger charge is -2.32. The lowest BCUT2D eigenvalue weighted by molar-refractivity contribution is 0.179. The van der Waals surface area contributed by atoms with E-state index in [-0.39, 0.29) is 5.75 Å². The van der Waals surface area contributed by atoms with Crippen molar-refractivity contribution < 1.29 is 8.42 Å². The number of rotatable bonds is 10. The molecule has 3 heterocycles. The zero-order chi connectivity index (χ0) is 24.0. The molecule has 4 rings (SSSR count). The molecule has 6 nitrogen and oxygen atoms in total. The van der Waals surface area contributed by atoms with Gasteiger partial charge in [-0.15, -0.1) is 0 Å². The van der Waals surface area contributed by atoms with Gasteiger partial charge in [0.25, 0.3) is 0 Å². The fraction of sp³-hybridized carbons (Fsp3) is 0.423. The van der Waals surface area contributed by atoms with E-state index in [4.69, 9.17) is 0 Å². The van der Waals surface area contributed by atoms with Gasteiger partial charge >= 0.3 is 0 Å². The lowest BCUT2D eigenvalue weighted by Crippen LogP contribution is -2.37. The molecule has 0 atom stereocenters. The number of aromatic nitrogens is 1. The minimum Gasteiger partial charge on any atom is -0.340 e. The molecule has 0 spiro atoms. The maximum Gasteiger partial charge on any atom is 0.179 e. The molecular formula is C26H34N4O2S2. The molecule has 1 saturated heterocycles. The molecule has 1 N–H and O–H groups in total. The Morgan fingerprint density at radius 2 is 1.94 bits per heavy atom. The zero-order valence-corrected chi connectivity index (χ0v) is 21.6. The van der Waals surface area contributed by atoms with Crippen LogP contribution in [0.1, 0.15) is 19.3 Å². The largest absolute Gasteiger partial charge is 0.340 e. The molecule has 2 aromatic heterocycles. The van der Waals surface area contributed by atoms with Gasteiger partial charge in [-0.1, -0.05) is 6.07 Å². The number of sulfone groups is 1. The van der Waals surface area contributed by atoms with E-state index in [2.05, 4.69) is 45.6 Å². The molecule has 0 bridgehead atoms. The first-order chi connectivity index (χ1) is 16.4. The molecule has 1 aliphatic rings. The van der Waals surface area contributed by atoms with Gasteiger partial charge < -0.3 is 15.1 Å². The summed E-state index contributed by atoms with van der Waals surface area (Å²) in [5.74, 6) is 1.59. The predicted octanol–water partition coefficient (Wildman–Crippen LogP) is 4.99. The molecule has 0 amide bonds. The number of hydrogen-bond donors (Lipinski definition) is 1. The number of likely N-dealkylation sites (tertiary alicyclic amines) is 1. The van der Waals surface area contributed by atoms with Gasteiger partial charge in [-0.25, -0.2) is 13.4 Å². The van der Waals surface area contributed by atoms with Crippen LogP contribution in [0, 0.1) is 5.92 Å². The number of benzene rings is 1. The number of piperidine rings is 1. The first kappa shape index (κ1) is 24.9. The Morgan fingerprint density at radius 3 is 2.62 bits per heavy atom. The molecule has 182 valence electrons. The van der Waals surface area contributed by atoms with Crippen LogP contribution in [-0.2, 0) is 9.84 Å². The van der Waals surface area contributed by atoms with Crippen LogP contribution in [0.4, 0.5) is 11.5 Å². The van der Waals surface area contributed by atoms with Crippen LogP contribution in [0.3, 0.4) is 0 Å². The summed E-state index contributed by atoms with van der Waals surface area (Å²) in [6, 6.07) is 13.0. The summed E-state index contributed by atoms with van der Waals surface area (Å²) in [6.45, 7) is 3.69. The fourth-order valence-corrected chi connectivity index (χ4v) is 6.28. The van der Waals surface area contributed by atoms with E-state index in [1.807, 2.05) is 29.8 Å². The highest BCUT2D eigenvalue weighted by Gasteiger charge is 2.22. The van der Waals surface area contributed by atoms with E-state index < -0.39 is 9.84 Å². The fourth-order valence-electron chi connectivity index (χ4n) is 4.29. The monoisotopic (exact) mass is 498 g/mol. The topological polar surface area (TPSA) is 65.5 Å². The normalized spacial score (nSPS) is 15.6. The molecule has 3 aromatic rings. The van der Waals surface area contributed by atoms with Gasteiger partial charge in [0.2, 0.25) is 0 Å². The standard InChI is InChI=1S/C26H34N4O2S2/c1-29(2)12-8-21-9-13-30(14-10-21)15-17-34(31,32)25-5-3-4-24(18-25)28-26-7-6-22(19-27-26)23-11-16-33-20-23/h3-7,11,16,18-21H,8-10,12-15,17H2,1-2H3,(H,27,28). The number of anilines is 2. The Morgan fingerprint density at radius 1 is 1.12 bits per heavy atom. The smallest absolute Gasteiger partial charge is 0.179 e. The molecule has 34 heavy (non-hydrogen) atoms. The molecular weight excluding hydrogens is 464 g/mol. The molecule has 0 aliphatic carbocycles.